The molecule has 3 heterocycles. The highest BCUT2D eigenvalue weighted by Crippen LogP contribution is 2.62. The molecule has 13 nitrogen and oxygen atoms in total. The third-order valence-electron chi connectivity index (χ3n) is 9.43. The first-order chi connectivity index (χ1) is 22.2. The summed E-state index contributed by atoms with van der Waals surface area (Å²) >= 11 is 1.22. The van der Waals surface area contributed by atoms with Crippen LogP contribution < -0.4 is 9.47 Å². The molecule has 7 unspecified atom stereocenters. The summed E-state index contributed by atoms with van der Waals surface area (Å²) in [5, 5.41) is -0.422. The second-order valence-electron chi connectivity index (χ2n) is 12.4. The Morgan fingerprint density at radius 1 is 1.00 bits per heavy atom. The number of hydrogen-bond donors (Lipinski definition) is 0. The molecule has 0 saturated carbocycles. The fourth-order valence-corrected chi connectivity index (χ4v) is 9.22. The molecule has 4 aliphatic rings. The van der Waals surface area contributed by atoms with Crippen molar-refractivity contribution in [1.29, 1.82) is 0 Å². The number of carbonyl (C=O) groups excluding carboxylic acids is 5. The van der Waals surface area contributed by atoms with E-state index < -0.39 is 76.5 Å². The SMILES string of the molecule is C=CC1C2Cc3ccc(OC(C)=O)c4c3C1(CCN2C)C(C(C)S[C@@H]1O[C@H](C(=O)OC)C(OC(C)=O)[C@H](OC(C)=O)C1OC(C)=O)O4. The molecule has 1 spiro atoms. The Morgan fingerprint density at radius 2 is 1.64 bits per heavy atom. The minimum Gasteiger partial charge on any atom is -0.484 e. The summed E-state index contributed by atoms with van der Waals surface area (Å²) in [4.78, 5) is 64.2. The highest BCUT2D eigenvalue weighted by molar-refractivity contribution is 8.00. The monoisotopic (exact) mass is 675 g/mol. The van der Waals surface area contributed by atoms with Gasteiger partial charge in [-0.3, -0.25) is 19.2 Å². The average molecular weight is 676 g/mol. The average Bonchev–Trinajstić information content (AvgIpc) is 3.34. The van der Waals surface area contributed by atoms with Gasteiger partial charge in [0.2, 0.25) is 0 Å². The summed E-state index contributed by atoms with van der Waals surface area (Å²) in [6, 6.07) is 3.89. The standard InChI is InChI=1S/C33H41NO12S/c1-9-21-22-14-20-10-11-23(41-16(3)35)25-24(20)33(21,12-13-34(22)7)30(45-25)15(2)47-32-29(44-19(6)38)27(43-18(5)37)26(42-17(4)36)28(46-32)31(39)40-8/h9-11,15,21-22,26-30,32H,1,12-14H2,2-8H3/t15?,21?,22?,26?,27-,28-,29?,30?,32-,33?/m0/s1. The van der Waals surface area contributed by atoms with E-state index in [1.165, 1.54) is 25.6 Å². The highest BCUT2D eigenvalue weighted by atomic mass is 32.2. The van der Waals surface area contributed by atoms with Crippen molar-refractivity contribution >= 4 is 41.6 Å². The zero-order chi connectivity index (χ0) is 34.4. The third kappa shape index (κ3) is 6.22. The summed E-state index contributed by atoms with van der Waals surface area (Å²) in [5.74, 6) is -2.78. The van der Waals surface area contributed by atoms with Gasteiger partial charge in [-0.05, 0) is 45.0 Å². The normalized spacial score (nSPS) is 32.9. The molecule has 0 amide bonds. The quantitative estimate of drug-likeness (QED) is 0.163. The molecule has 5 rings (SSSR count). The van der Waals surface area contributed by atoms with Crippen LogP contribution in [0, 0.1) is 5.92 Å². The van der Waals surface area contributed by atoms with Gasteiger partial charge in [0.05, 0.1) is 7.11 Å². The number of fused-ring (bicyclic) bond motifs is 1. The number of likely N-dealkylation sites (tertiary alicyclic amines) is 1. The highest BCUT2D eigenvalue weighted by Gasteiger charge is 2.64. The van der Waals surface area contributed by atoms with Crippen LogP contribution in [0.15, 0.2) is 24.8 Å². The second kappa shape index (κ2) is 13.5. The van der Waals surface area contributed by atoms with E-state index in [0.717, 1.165) is 45.0 Å². The minimum atomic E-state index is -1.50. The molecular weight excluding hydrogens is 634 g/mol. The molecule has 47 heavy (non-hydrogen) atoms. The van der Waals surface area contributed by atoms with Crippen LogP contribution >= 0.6 is 11.8 Å². The van der Waals surface area contributed by atoms with Gasteiger partial charge in [0, 0.05) is 55.9 Å². The van der Waals surface area contributed by atoms with Gasteiger partial charge in [-0.25, -0.2) is 4.79 Å². The predicted molar refractivity (Wildman–Crippen MR) is 167 cm³/mol. The van der Waals surface area contributed by atoms with Gasteiger partial charge in [-0.15, -0.1) is 18.3 Å². The van der Waals surface area contributed by atoms with Crippen molar-refractivity contribution in [1.82, 2.24) is 4.90 Å². The number of ether oxygens (including phenoxy) is 7. The number of nitrogens with zero attached hydrogens (tertiary/aromatic N) is 1. The summed E-state index contributed by atoms with van der Waals surface area (Å²) in [6.45, 7) is 11.7. The van der Waals surface area contributed by atoms with Crippen molar-refractivity contribution in [3.8, 4) is 11.5 Å². The van der Waals surface area contributed by atoms with Crippen molar-refractivity contribution in [2.45, 2.75) is 100 Å². The van der Waals surface area contributed by atoms with Crippen LogP contribution in [0.4, 0.5) is 0 Å². The van der Waals surface area contributed by atoms with Gasteiger partial charge in [0.1, 0.15) is 11.5 Å². The van der Waals surface area contributed by atoms with Crippen LogP contribution in [-0.2, 0) is 59.5 Å². The fraction of sp³-hybridized carbons (Fsp3) is 0.606. The number of likely N-dealkylation sites (N-methyl/N-ethyl adjacent to an activating group) is 1. The molecule has 0 radical (unpaired) electrons. The Hall–Kier alpha value is -3.62. The van der Waals surface area contributed by atoms with Crippen LogP contribution in [0.5, 0.6) is 11.5 Å². The summed E-state index contributed by atoms with van der Waals surface area (Å²) in [5.41, 5.74) is 0.428. The van der Waals surface area contributed by atoms with Gasteiger partial charge >= 0.3 is 29.8 Å². The lowest BCUT2D eigenvalue weighted by molar-refractivity contribution is -0.235. The van der Waals surface area contributed by atoms with Crippen molar-refractivity contribution in [3.63, 3.8) is 0 Å². The van der Waals surface area contributed by atoms with E-state index in [1.807, 2.05) is 19.1 Å². The molecule has 256 valence electrons. The number of esters is 5. The maximum absolute atomic E-state index is 13.0. The van der Waals surface area contributed by atoms with Crippen LogP contribution in [0.1, 0.15) is 52.2 Å². The van der Waals surface area contributed by atoms with E-state index in [2.05, 4.69) is 18.5 Å². The van der Waals surface area contributed by atoms with Crippen LogP contribution in [-0.4, -0.2) is 103 Å². The van der Waals surface area contributed by atoms with Gasteiger partial charge < -0.3 is 38.1 Å². The first kappa shape index (κ1) is 34.7. The van der Waals surface area contributed by atoms with Gasteiger partial charge in [-0.1, -0.05) is 12.1 Å². The number of hydrogen-bond acceptors (Lipinski definition) is 14. The minimum absolute atomic E-state index is 0.0304. The Labute approximate surface area is 277 Å². The lowest BCUT2D eigenvalue weighted by atomic mass is 9.55. The van der Waals surface area contributed by atoms with E-state index in [-0.39, 0.29) is 12.0 Å². The molecule has 1 aliphatic carbocycles. The number of thioether (sulfide) groups is 1. The number of piperidine rings is 1. The van der Waals surface area contributed by atoms with Crippen molar-refractivity contribution in [2.24, 2.45) is 5.92 Å². The molecule has 2 saturated heterocycles. The molecule has 2 fully saturated rings. The Bertz CT molecular complexity index is 1460. The molecule has 1 aromatic carbocycles. The molecule has 2 bridgehead atoms. The van der Waals surface area contributed by atoms with Gasteiger partial charge in [-0.2, -0.15) is 0 Å². The van der Waals surface area contributed by atoms with E-state index in [9.17, 15) is 24.0 Å². The maximum Gasteiger partial charge on any atom is 0.339 e. The van der Waals surface area contributed by atoms with Crippen LogP contribution in [0.3, 0.4) is 0 Å². The Kier molecular flexibility index (Phi) is 9.95. The van der Waals surface area contributed by atoms with Crippen LogP contribution in [0.25, 0.3) is 0 Å². The topological polar surface area (TPSA) is 153 Å². The zero-order valence-electron chi connectivity index (χ0n) is 27.5. The van der Waals surface area contributed by atoms with Gasteiger partial charge in [0.15, 0.2) is 35.9 Å². The Balaban J connectivity index is 1.58. The van der Waals surface area contributed by atoms with E-state index in [4.69, 9.17) is 33.2 Å². The summed E-state index contributed by atoms with van der Waals surface area (Å²) < 4.78 is 40.3. The largest absolute Gasteiger partial charge is 0.484 e. The predicted octanol–water partition coefficient (Wildman–Crippen LogP) is 2.49. The van der Waals surface area contributed by atoms with Crippen molar-refractivity contribution in [2.75, 3.05) is 20.7 Å². The molecule has 10 atom stereocenters. The van der Waals surface area contributed by atoms with E-state index in [1.54, 1.807) is 6.07 Å². The molecule has 0 aromatic heterocycles. The molecule has 1 aromatic rings. The molecule has 14 heteroatoms. The third-order valence-corrected chi connectivity index (χ3v) is 10.8. The van der Waals surface area contributed by atoms with Crippen LogP contribution in [0.2, 0.25) is 0 Å². The summed E-state index contributed by atoms with van der Waals surface area (Å²) in [7, 11) is 3.24. The molecule has 3 aliphatic heterocycles. The number of carbonyl (C=O) groups is 5. The lowest BCUT2D eigenvalue weighted by Crippen LogP contribution is -2.64. The lowest BCUT2D eigenvalue weighted by Gasteiger charge is -2.55. The first-order valence-corrected chi connectivity index (χ1v) is 16.4. The second-order valence-corrected chi connectivity index (χ2v) is 13.9. The summed E-state index contributed by atoms with van der Waals surface area (Å²) in [6.07, 6.45) is -2.72. The smallest absolute Gasteiger partial charge is 0.339 e. The van der Waals surface area contributed by atoms with Crippen molar-refractivity contribution in [3.05, 3.63) is 35.9 Å². The number of rotatable bonds is 9. The van der Waals surface area contributed by atoms with E-state index in [0.29, 0.717) is 17.9 Å². The fourth-order valence-electron chi connectivity index (χ4n) is 7.81. The number of benzene rings is 1. The number of methoxy groups -OCH3 is 1. The zero-order valence-corrected chi connectivity index (χ0v) is 28.3. The van der Waals surface area contributed by atoms with Gasteiger partial charge in [0.25, 0.3) is 0 Å². The molecule has 0 N–H and O–H groups in total. The maximum atomic E-state index is 13.0. The Morgan fingerprint density at radius 3 is 2.23 bits per heavy atom. The first-order valence-electron chi connectivity index (χ1n) is 15.5. The molecular formula is C33H41NO12S. The van der Waals surface area contributed by atoms with Crippen molar-refractivity contribution < 1.29 is 57.1 Å². The van der Waals surface area contributed by atoms with E-state index >= 15 is 0 Å².